The number of hydrogen-bond acceptors (Lipinski definition) is 9. The van der Waals surface area contributed by atoms with Crippen LogP contribution in [0.25, 0.3) is 0 Å². The number of carbonyl (C=O) groups excluding carboxylic acids is 1. The maximum atomic E-state index is 12.4. The highest BCUT2D eigenvalue weighted by atomic mass is 16.6. The molecule has 0 aliphatic carbocycles. The SMILES string of the molecule is O=C(NC1(C(=O)O)COCCOCCOCCOCCOCCOC1)OCc1ccccc1. The fourth-order valence-electron chi connectivity index (χ4n) is 2.74. The topological polar surface area (TPSA) is 131 Å². The lowest BCUT2D eigenvalue weighted by Crippen LogP contribution is -2.61. The van der Waals surface area contributed by atoms with Crippen molar-refractivity contribution in [1.29, 1.82) is 0 Å². The van der Waals surface area contributed by atoms with Crippen LogP contribution < -0.4 is 5.32 Å². The van der Waals surface area contributed by atoms with E-state index in [-0.39, 0.29) is 46.2 Å². The normalized spacial score (nSPS) is 19.9. The van der Waals surface area contributed by atoms with Crippen LogP contribution in [0.4, 0.5) is 4.79 Å². The summed E-state index contributed by atoms with van der Waals surface area (Å²) in [5, 5.41) is 12.3. The zero-order chi connectivity index (χ0) is 23.6. The molecule has 0 aromatic heterocycles. The number of carboxylic acids is 1. The summed E-state index contributed by atoms with van der Waals surface area (Å²) >= 11 is 0. The molecule has 11 heteroatoms. The summed E-state index contributed by atoms with van der Waals surface area (Å²) in [4.78, 5) is 24.5. The monoisotopic (exact) mass is 471 g/mol. The highest BCUT2D eigenvalue weighted by molar-refractivity contribution is 5.84. The largest absolute Gasteiger partial charge is 0.479 e. The van der Waals surface area contributed by atoms with Gasteiger partial charge in [0.2, 0.25) is 0 Å². The number of alkyl carbamates (subject to hydrolysis) is 1. The predicted molar refractivity (Wildman–Crippen MR) is 115 cm³/mol. The molecule has 2 N–H and O–H groups in total. The first-order valence-electron chi connectivity index (χ1n) is 10.8. The second-order valence-corrected chi connectivity index (χ2v) is 7.13. The van der Waals surface area contributed by atoms with Crippen LogP contribution in [0.1, 0.15) is 5.56 Å². The molecule has 1 amide bonds. The van der Waals surface area contributed by atoms with Crippen LogP contribution >= 0.6 is 0 Å². The Balaban J connectivity index is 1.92. The molecular weight excluding hydrogens is 438 g/mol. The minimum Gasteiger partial charge on any atom is -0.479 e. The van der Waals surface area contributed by atoms with E-state index in [0.717, 1.165) is 5.56 Å². The summed E-state index contributed by atoms with van der Waals surface area (Å²) in [6.45, 7) is 2.50. The lowest BCUT2D eigenvalue weighted by molar-refractivity contribution is -0.152. The minimum absolute atomic E-state index is 0.00406. The van der Waals surface area contributed by atoms with Gasteiger partial charge in [-0.25, -0.2) is 9.59 Å². The zero-order valence-electron chi connectivity index (χ0n) is 18.7. The summed E-state index contributed by atoms with van der Waals surface area (Å²) in [6, 6.07) is 9.05. The van der Waals surface area contributed by atoms with E-state index in [9.17, 15) is 14.7 Å². The van der Waals surface area contributed by atoms with Crippen LogP contribution in [0.5, 0.6) is 0 Å². The second kappa shape index (κ2) is 16.4. The molecule has 0 atom stereocenters. The van der Waals surface area contributed by atoms with Gasteiger partial charge in [0.05, 0.1) is 79.3 Å². The van der Waals surface area contributed by atoms with Gasteiger partial charge in [-0.3, -0.25) is 0 Å². The first kappa shape index (κ1) is 27.0. The zero-order valence-corrected chi connectivity index (χ0v) is 18.7. The van der Waals surface area contributed by atoms with Gasteiger partial charge in [-0.2, -0.15) is 0 Å². The summed E-state index contributed by atoms with van der Waals surface area (Å²) in [5.74, 6) is -1.31. The molecule has 0 unspecified atom stereocenters. The second-order valence-electron chi connectivity index (χ2n) is 7.13. The van der Waals surface area contributed by atoms with Crippen molar-refractivity contribution in [2.45, 2.75) is 12.1 Å². The van der Waals surface area contributed by atoms with Gasteiger partial charge in [0, 0.05) is 0 Å². The fourth-order valence-corrected chi connectivity index (χ4v) is 2.74. The van der Waals surface area contributed by atoms with Crippen molar-refractivity contribution < 1.29 is 47.9 Å². The van der Waals surface area contributed by atoms with E-state index in [4.69, 9.17) is 33.2 Å². The first-order valence-corrected chi connectivity index (χ1v) is 10.8. The Morgan fingerprint density at radius 2 is 1.18 bits per heavy atom. The van der Waals surface area contributed by atoms with E-state index in [1.54, 1.807) is 12.1 Å². The Kier molecular flexibility index (Phi) is 13.4. The Labute approximate surface area is 193 Å². The van der Waals surface area contributed by atoms with E-state index < -0.39 is 17.6 Å². The average Bonchev–Trinajstić information content (AvgIpc) is 2.82. The molecule has 0 bridgehead atoms. The van der Waals surface area contributed by atoms with Crippen molar-refractivity contribution in [3.63, 3.8) is 0 Å². The smallest absolute Gasteiger partial charge is 0.408 e. The van der Waals surface area contributed by atoms with Crippen LogP contribution in [0, 0.1) is 0 Å². The highest BCUT2D eigenvalue weighted by Gasteiger charge is 2.42. The molecule has 1 heterocycles. The highest BCUT2D eigenvalue weighted by Crippen LogP contribution is 2.10. The van der Waals surface area contributed by atoms with E-state index in [1.165, 1.54) is 0 Å². The van der Waals surface area contributed by atoms with Crippen molar-refractivity contribution in [1.82, 2.24) is 5.32 Å². The van der Waals surface area contributed by atoms with Crippen LogP contribution in [-0.4, -0.2) is 102 Å². The first-order chi connectivity index (χ1) is 16.1. The molecule has 1 aliphatic rings. The summed E-state index contributed by atoms with van der Waals surface area (Å²) in [5.41, 5.74) is -1.07. The third-order valence-corrected chi connectivity index (χ3v) is 4.52. The van der Waals surface area contributed by atoms with E-state index in [1.807, 2.05) is 18.2 Å². The lowest BCUT2D eigenvalue weighted by Gasteiger charge is -2.29. The number of benzene rings is 1. The van der Waals surface area contributed by atoms with Gasteiger partial charge in [-0.1, -0.05) is 30.3 Å². The number of carboxylic acid groups (broad SMARTS) is 1. The van der Waals surface area contributed by atoms with Crippen LogP contribution in [0.15, 0.2) is 30.3 Å². The molecule has 2 rings (SSSR count). The number of ether oxygens (including phenoxy) is 7. The van der Waals surface area contributed by atoms with Crippen molar-refractivity contribution >= 4 is 12.1 Å². The molecule has 0 radical (unpaired) electrons. The molecular formula is C22H33NO10. The summed E-state index contributed by atoms with van der Waals surface area (Å²) in [6.07, 6.45) is -0.895. The quantitative estimate of drug-likeness (QED) is 0.651. The average molecular weight is 472 g/mol. The Morgan fingerprint density at radius 1 is 0.758 bits per heavy atom. The van der Waals surface area contributed by atoms with E-state index in [0.29, 0.717) is 39.6 Å². The number of nitrogens with one attached hydrogen (secondary N) is 1. The predicted octanol–water partition coefficient (Wildman–Crippen LogP) is 0.849. The van der Waals surface area contributed by atoms with Crippen molar-refractivity contribution in [3.8, 4) is 0 Å². The third kappa shape index (κ3) is 11.4. The van der Waals surface area contributed by atoms with Crippen LogP contribution in [0.2, 0.25) is 0 Å². The van der Waals surface area contributed by atoms with Crippen molar-refractivity contribution in [2.24, 2.45) is 0 Å². The molecule has 11 nitrogen and oxygen atoms in total. The molecule has 33 heavy (non-hydrogen) atoms. The Morgan fingerprint density at radius 3 is 1.61 bits per heavy atom. The van der Waals surface area contributed by atoms with Crippen molar-refractivity contribution in [3.05, 3.63) is 35.9 Å². The Bertz CT molecular complexity index is 652. The molecule has 1 aromatic carbocycles. The number of aliphatic carboxylic acids is 1. The summed E-state index contributed by atoms with van der Waals surface area (Å²) < 4.78 is 37.7. The number of hydrogen-bond donors (Lipinski definition) is 2. The van der Waals surface area contributed by atoms with Gasteiger partial charge >= 0.3 is 12.1 Å². The van der Waals surface area contributed by atoms with Gasteiger partial charge in [0.15, 0.2) is 5.54 Å². The van der Waals surface area contributed by atoms with Crippen LogP contribution in [0.3, 0.4) is 0 Å². The fraction of sp³-hybridized carbons (Fsp3) is 0.636. The summed E-state index contributed by atoms with van der Waals surface area (Å²) in [7, 11) is 0. The van der Waals surface area contributed by atoms with E-state index >= 15 is 0 Å². The van der Waals surface area contributed by atoms with Crippen molar-refractivity contribution in [2.75, 3.05) is 79.3 Å². The Hall–Kier alpha value is -2.28. The molecule has 0 spiro atoms. The molecule has 1 aliphatic heterocycles. The maximum Gasteiger partial charge on any atom is 0.408 e. The molecule has 186 valence electrons. The molecule has 1 fully saturated rings. The standard InChI is InChI=1S/C22H33NO10/c24-20(25)22(23-21(26)33-16-19-4-2-1-3-5-19)17-31-14-12-29-10-8-27-6-7-28-9-11-30-13-15-32-18-22/h1-5H,6-18H2,(H,23,26)(H,24,25). The van der Waals surface area contributed by atoms with Gasteiger partial charge in [0.1, 0.15) is 6.61 Å². The van der Waals surface area contributed by atoms with Gasteiger partial charge in [0.25, 0.3) is 0 Å². The van der Waals surface area contributed by atoms with Crippen LogP contribution in [-0.2, 0) is 44.6 Å². The van der Waals surface area contributed by atoms with E-state index in [2.05, 4.69) is 5.32 Å². The number of carbonyl (C=O) groups is 2. The maximum absolute atomic E-state index is 12.4. The molecule has 1 saturated heterocycles. The lowest BCUT2D eigenvalue weighted by atomic mass is 10.0. The van der Waals surface area contributed by atoms with Gasteiger partial charge in [-0.05, 0) is 5.56 Å². The number of rotatable bonds is 4. The van der Waals surface area contributed by atoms with Gasteiger partial charge < -0.3 is 43.6 Å². The third-order valence-electron chi connectivity index (χ3n) is 4.52. The minimum atomic E-state index is -1.84. The molecule has 1 aromatic rings. The van der Waals surface area contributed by atoms with Gasteiger partial charge in [-0.15, -0.1) is 0 Å². The molecule has 0 saturated carbocycles. The number of amides is 1.